The summed E-state index contributed by atoms with van der Waals surface area (Å²) in [5.41, 5.74) is 0. The van der Waals surface area contributed by atoms with Crippen LogP contribution in [-0.2, 0) is 0 Å². The summed E-state index contributed by atoms with van der Waals surface area (Å²) in [6, 6.07) is 0. The molecule has 1 fully saturated rings. The second kappa shape index (κ2) is 4.04. The number of likely N-dealkylation sites (tertiary alicyclic amines) is 1. The summed E-state index contributed by atoms with van der Waals surface area (Å²) in [6.45, 7) is 5.32. The first-order valence-corrected chi connectivity index (χ1v) is 4.14. The Hall–Kier alpha value is -0.120. The van der Waals surface area contributed by atoms with Crippen LogP contribution in [0.4, 0.5) is 0 Å². The molecule has 3 heteroatoms. The Morgan fingerprint density at radius 3 is 2.18 bits per heavy atom. The maximum atomic E-state index is 9.16. The number of aliphatic hydroxyl groups is 1. The molecule has 1 aliphatic rings. The summed E-state index contributed by atoms with van der Waals surface area (Å²) in [7, 11) is 2.24. The van der Waals surface area contributed by atoms with Crippen molar-refractivity contribution in [1.29, 1.82) is 0 Å². The molecule has 1 atom stereocenters. The van der Waals surface area contributed by atoms with Crippen molar-refractivity contribution >= 4 is 0 Å². The van der Waals surface area contributed by atoms with Gasteiger partial charge in [0.1, 0.15) is 12.6 Å². The molecule has 0 spiro atoms. The molecule has 0 aromatic rings. The van der Waals surface area contributed by atoms with Crippen molar-refractivity contribution < 1.29 is 15.1 Å². The molecule has 68 valence electrons. The summed E-state index contributed by atoms with van der Waals surface area (Å²) in [6.07, 6.45) is 2.54. The molecule has 0 amide bonds. The van der Waals surface area contributed by atoms with E-state index in [9.17, 15) is 0 Å². The Morgan fingerprint density at radius 1 is 1.36 bits per heavy atom. The third-order valence-electron chi connectivity index (χ3n) is 2.35. The zero-order chi connectivity index (χ0) is 7.61. The highest BCUT2D eigenvalue weighted by Gasteiger charge is 2.27. The molecule has 11 heavy (non-hydrogen) atoms. The van der Waals surface area contributed by atoms with E-state index in [2.05, 4.69) is 7.05 Å². The fourth-order valence-corrected chi connectivity index (χ4v) is 1.92. The van der Waals surface area contributed by atoms with Crippen LogP contribution in [0.25, 0.3) is 0 Å². The first kappa shape index (κ1) is 10.9. The summed E-state index contributed by atoms with van der Waals surface area (Å²) in [4.78, 5) is 0. The molecular weight excluding hydrogens is 142 g/mol. The van der Waals surface area contributed by atoms with Gasteiger partial charge in [-0.2, -0.15) is 0 Å². The van der Waals surface area contributed by atoms with Gasteiger partial charge in [-0.15, -0.1) is 0 Å². The van der Waals surface area contributed by atoms with Crippen LogP contribution in [0.1, 0.15) is 19.8 Å². The predicted molar refractivity (Wildman–Crippen MR) is 43.6 cm³/mol. The molecule has 0 bridgehead atoms. The van der Waals surface area contributed by atoms with E-state index >= 15 is 0 Å². The lowest BCUT2D eigenvalue weighted by Gasteiger charge is -2.30. The topological polar surface area (TPSA) is 50.2 Å². The van der Waals surface area contributed by atoms with Gasteiger partial charge in [0.15, 0.2) is 0 Å². The number of likely N-dealkylation sites (N-methyl/N-ethyl adjacent to an activating group) is 1. The fraction of sp³-hybridized carbons (Fsp3) is 1.00. The number of quaternary nitrogens is 1. The minimum absolute atomic E-state index is 0. The summed E-state index contributed by atoms with van der Waals surface area (Å²) in [5, 5.41) is 9.16. The van der Waals surface area contributed by atoms with Crippen molar-refractivity contribution in [3.05, 3.63) is 0 Å². The van der Waals surface area contributed by atoms with Gasteiger partial charge in [-0.05, 0) is 6.92 Å². The van der Waals surface area contributed by atoms with Gasteiger partial charge in [-0.3, -0.25) is 0 Å². The molecule has 1 saturated heterocycles. The van der Waals surface area contributed by atoms with Crippen molar-refractivity contribution in [2.24, 2.45) is 0 Å². The van der Waals surface area contributed by atoms with Crippen molar-refractivity contribution in [3.8, 4) is 0 Å². The van der Waals surface area contributed by atoms with E-state index < -0.39 is 0 Å². The van der Waals surface area contributed by atoms with E-state index in [1.165, 1.54) is 25.9 Å². The van der Waals surface area contributed by atoms with Crippen LogP contribution in [0.15, 0.2) is 0 Å². The lowest BCUT2D eigenvalue weighted by Crippen LogP contribution is -2.45. The summed E-state index contributed by atoms with van der Waals surface area (Å²) in [5.74, 6) is 0. The highest BCUT2D eigenvalue weighted by Crippen LogP contribution is 2.16. The summed E-state index contributed by atoms with van der Waals surface area (Å²) < 4.78 is 1.08. The molecule has 1 heterocycles. The molecular formula is C8H19NO2. The Bertz CT molecular complexity index is 109. The first-order chi connectivity index (χ1) is 4.62. The van der Waals surface area contributed by atoms with Gasteiger partial charge in [0.2, 0.25) is 0 Å². The lowest BCUT2D eigenvalue weighted by atomic mass is 10.3. The minimum Gasteiger partial charge on any atom is -0.870 e. The number of hydrogen-bond donors (Lipinski definition) is 1. The van der Waals surface area contributed by atoms with Crippen LogP contribution in [0.3, 0.4) is 0 Å². The van der Waals surface area contributed by atoms with Crippen LogP contribution in [0.5, 0.6) is 0 Å². The lowest BCUT2D eigenvalue weighted by molar-refractivity contribution is -0.900. The maximum absolute atomic E-state index is 9.16. The van der Waals surface area contributed by atoms with E-state index in [-0.39, 0.29) is 11.6 Å². The van der Waals surface area contributed by atoms with Crippen molar-refractivity contribution in [2.45, 2.75) is 25.9 Å². The predicted octanol–water partition coefficient (Wildman–Crippen LogP) is 0.431. The van der Waals surface area contributed by atoms with Crippen LogP contribution >= 0.6 is 0 Å². The second-order valence-corrected chi connectivity index (χ2v) is 3.81. The number of nitrogens with zero attached hydrogens (tertiary/aromatic N) is 1. The van der Waals surface area contributed by atoms with E-state index in [1.807, 2.05) is 6.92 Å². The molecule has 0 saturated carbocycles. The largest absolute Gasteiger partial charge is 0.870 e. The van der Waals surface area contributed by atoms with Gasteiger partial charge >= 0.3 is 0 Å². The molecule has 3 nitrogen and oxygen atoms in total. The van der Waals surface area contributed by atoms with Crippen molar-refractivity contribution in [1.82, 2.24) is 0 Å². The monoisotopic (exact) mass is 161 g/mol. The fourth-order valence-electron chi connectivity index (χ4n) is 1.92. The number of rotatable bonds is 2. The SMILES string of the molecule is CC(O)C[N+]1(C)CCCC1.[OH-]. The highest BCUT2D eigenvalue weighted by atomic mass is 16.3. The Labute approximate surface area is 68.5 Å². The third kappa shape index (κ3) is 3.18. The molecule has 1 rings (SSSR count). The van der Waals surface area contributed by atoms with Gasteiger partial charge in [-0.1, -0.05) is 0 Å². The molecule has 0 aromatic heterocycles. The average molecular weight is 161 g/mol. The van der Waals surface area contributed by atoms with Crippen LogP contribution in [-0.4, -0.2) is 47.9 Å². The Balaban J connectivity index is 0.000001000. The van der Waals surface area contributed by atoms with Gasteiger partial charge in [-0.25, -0.2) is 0 Å². The molecule has 2 N–H and O–H groups in total. The van der Waals surface area contributed by atoms with Gasteiger partial charge < -0.3 is 15.1 Å². The van der Waals surface area contributed by atoms with Crippen molar-refractivity contribution in [3.63, 3.8) is 0 Å². The highest BCUT2D eigenvalue weighted by molar-refractivity contribution is 4.54. The second-order valence-electron chi connectivity index (χ2n) is 3.81. The zero-order valence-electron chi connectivity index (χ0n) is 7.45. The zero-order valence-corrected chi connectivity index (χ0v) is 7.45. The third-order valence-corrected chi connectivity index (χ3v) is 2.35. The normalized spacial score (nSPS) is 24.3. The van der Waals surface area contributed by atoms with Gasteiger partial charge in [0.05, 0.1) is 20.1 Å². The van der Waals surface area contributed by atoms with E-state index in [4.69, 9.17) is 5.11 Å². The van der Waals surface area contributed by atoms with E-state index in [0.29, 0.717) is 0 Å². The number of hydrogen-bond acceptors (Lipinski definition) is 2. The standard InChI is InChI=1S/C8H18NO.H2O/c1-8(10)7-9(2)5-3-4-6-9;/h8,10H,3-7H2,1-2H3;1H2/q+1;/p-1. The Kier molecular flexibility index (Phi) is 4.00. The first-order valence-electron chi connectivity index (χ1n) is 4.14. The number of aliphatic hydroxyl groups excluding tert-OH is 1. The van der Waals surface area contributed by atoms with Crippen molar-refractivity contribution in [2.75, 3.05) is 26.7 Å². The summed E-state index contributed by atoms with van der Waals surface area (Å²) >= 11 is 0. The molecule has 1 unspecified atom stereocenters. The maximum Gasteiger partial charge on any atom is 0.104 e. The average Bonchev–Trinajstić information content (AvgIpc) is 2.12. The van der Waals surface area contributed by atoms with E-state index in [0.717, 1.165) is 11.0 Å². The smallest absolute Gasteiger partial charge is 0.104 e. The van der Waals surface area contributed by atoms with Gasteiger partial charge in [0, 0.05) is 12.8 Å². The van der Waals surface area contributed by atoms with Crippen LogP contribution in [0, 0.1) is 0 Å². The van der Waals surface area contributed by atoms with Gasteiger partial charge in [0.25, 0.3) is 0 Å². The van der Waals surface area contributed by atoms with Crippen LogP contribution in [0.2, 0.25) is 0 Å². The molecule has 0 radical (unpaired) electrons. The van der Waals surface area contributed by atoms with E-state index in [1.54, 1.807) is 0 Å². The molecule has 0 aromatic carbocycles. The molecule has 0 aliphatic carbocycles. The molecule has 1 aliphatic heterocycles. The Morgan fingerprint density at radius 2 is 1.82 bits per heavy atom. The minimum atomic E-state index is -0.136. The van der Waals surface area contributed by atoms with Crippen LogP contribution < -0.4 is 0 Å². The quantitative estimate of drug-likeness (QED) is 0.597.